The highest BCUT2D eigenvalue weighted by Gasteiger charge is 2.34. The SMILES string of the molecule is CCc1cccc(C2CNCC2C(=O)OC)c1. The summed E-state index contributed by atoms with van der Waals surface area (Å²) in [6.45, 7) is 3.71. The van der Waals surface area contributed by atoms with E-state index in [1.165, 1.54) is 18.2 Å². The Hall–Kier alpha value is -1.35. The van der Waals surface area contributed by atoms with Crippen LogP contribution < -0.4 is 5.32 Å². The lowest BCUT2D eigenvalue weighted by Crippen LogP contribution is -2.23. The van der Waals surface area contributed by atoms with Gasteiger partial charge in [0, 0.05) is 19.0 Å². The van der Waals surface area contributed by atoms with Crippen molar-refractivity contribution in [1.29, 1.82) is 0 Å². The fraction of sp³-hybridized carbons (Fsp3) is 0.500. The van der Waals surface area contributed by atoms with E-state index in [-0.39, 0.29) is 17.8 Å². The van der Waals surface area contributed by atoms with Crippen LogP contribution in [0, 0.1) is 5.92 Å². The molecule has 1 aliphatic heterocycles. The van der Waals surface area contributed by atoms with Crippen molar-refractivity contribution in [2.24, 2.45) is 5.92 Å². The minimum Gasteiger partial charge on any atom is -0.469 e. The number of esters is 1. The molecule has 0 aliphatic carbocycles. The van der Waals surface area contributed by atoms with Gasteiger partial charge in [-0.25, -0.2) is 0 Å². The number of rotatable bonds is 3. The standard InChI is InChI=1S/C14H19NO2/c1-3-10-5-4-6-11(7-10)12-8-15-9-13(12)14(16)17-2/h4-7,12-13,15H,3,8-9H2,1-2H3. The highest BCUT2D eigenvalue weighted by atomic mass is 16.5. The van der Waals surface area contributed by atoms with Crippen molar-refractivity contribution in [2.75, 3.05) is 20.2 Å². The van der Waals surface area contributed by atoms with Gasteiger partial charge in [-0.2, -0.15) is 0 Å². The summed E-state index contributed by atoms with van der Waals surface area (Å²) in [5.74, 6) is 0.0861. The largest absolute Gasteiger partial charge is 0.469 e. The van der Waals surface area contributed by atoms with E-state index in [9.17, 15) is 4.79 Å². The van der Waals surface area contributed by atoms with Gasteiger partial charge in [0.25, 0.3) is 0 Å². The lowest BCUT2D eigenvalue weighted by atomic mass is 9.88. The van der Waals surface area contributed by atoms with Crippen molar-refractivity contribution in [3.8, 4) is 0 Å². The van der Waals surface area contributed by atoms with E-state index in [2.05, 4.69) is 36.5 Å². The highest BCUT2D eigenvalue weighted by molar-refractivity contribution is 5.74. The third-order valence-corrected chi connectivity index (χ3v) is 3.51. The van der Waals surface area contributed by atoms with E-state index < -0.39 is 0 Å². The second-order valence-corrected chi connectivity index (χ2v) is 4.49. The molecule has 1 N–H and O–H groups in total. The number of carbonyl (C=O) groups excluding carboxylic acids is 1. The van der Waals surface area contributed by atoms with Gasteiger partial charge in [-0.15, -0.1) is 0 Å². The van der Waals surface area contributed by atoms with E-state index in [1.807, 2.05) is 0 Å². The second-order valence-electron chi connectivity index (χ2n) is 4.49. The predicted molar refractivity (Wildman–Crippen MR) is 66.9 cm³/mol. The fourth-order valence-electron chi connectivity index (χ4n) is 2.47. The van der Waals surface area contributed by atoms with Crippen LogP contribution in [0.3, 0.4) is 0 Å². The maximum atomic E-state index is 11.7. The molecule has 2 unspecified atom stereocenters. The molecule has 0 spiro atoms. The molecule has 0 radical (unpaired) electrons. The van der Waals surface area contributed by atoms with Crippen LogP contribution in [0.2, 0.25) is 0 Å². The summed E-state index contributed by atoms with van der Waals surface area (Å²) < 4.78 is 4.86. The molecule has 1 saturated heterocycles. The van der Waals surface area contributed by atoms with E-state index in [1.54, 1.807) is 0 Å². The van der Waals surface area contributed by atoms with Gasteiger partial charge < -0.3 is 10.1 Å². The second kappa shape index (κ2) is 5.32. The zero-order valence-electron chi connectivity index (χ0n) is 10.4. The summed E-state index contributed by atoms with van der Waals surface area (Å²) in [5.41, 5.74) is 2.56. The van der Waals surface area contributed by atoms with Crippen LogP contribution in [0.25, 0.3) is 0 Å². The first-order valence-electron chi connectivity index (χ1n) is 6.13. The summed E-state index contributed by atoms with van der Waals surface area (Å²) >= 11 is 0. The zero-order chi connectivity index (χ0) is 12.3. The van der Waals surface area contributed by atoms with E-state index in [0.29, 0.717) is 6.54 Å². The van der Waals surface area contributed by atoms with Crippen LogP contribution in [-0.4, -0.2) is 26.2 Å². The van der Waals surface area contributed by atoms with E-state index in [4.69, 9.17) is 4.74 Å². The Bertz CT molecular complexity index is 403. The van der Waals surface area contributed by atoms with Crippen molar-refractivity contribution < 1.29 is 9.53 Å². The number of benzene rings is 1. The monoisotopic (exact) mass is 233 g/mol. The molecule has 0 amide bonds. The van der Waals surface area contributed by atoms with E-state index in [0.717, 1.165) is 13.0 Å². The Kier molecular flexibility index (Phi) is 3.79. The Balaban J connectivity index is 2.22. The number of methoxy groups -OCH3 is 1. The van der Waals surface area contributed by atoms with Gasteiger partial charge in [-0.05, 0) is 17.5 Å². The highest BCUT2D eigenvalue weighted by Crippen LogP contribution is 2.29. The van der Waals surface area contributed by atoms with Gasteiger partial charge in [-0.1, -0.05) is 31.2 Å². The topological polar surface area (TPSA) is 38.3 Å². The average molecular weight is 233 g/mol. The molecule has 1 aromatic rings. The van der Waals surface area contributed by atoms with Gasteiger partial charge in [0.15, 0.2) is 0 Å². The molecule has 92 valence electrons. The maximum Gasteiger partial charge on any atom is 0.310 e. The molecule has 1 aromatic carbocycles. The fourth-order valence-corrected chi connectivity index (χ4v) is 2.47. The number of ether oxygens (including phenoxy) is 1. The van der Waals surface area contributed by atoms with Crippen LogP contribution in [0.1, 0.15) is 24.0 Å². The number of hydrogen-bond acceptors (Lipinski definition) is 3. The van der Waals surface area contributed by atoms with Crippen molar-refractivity contribution >= 4 is 5.97 Å². The average Bonchev–Trinajstić information content (AvgIpc) is 2.87. The van der Waals surface area contributed by atoms with Crippen LogP contribution in [0.15, 0.2) is 24.3 Å². The number of nitrogens with one attached hydrogen (secondary N) is 1. The molecule has 2 atom stereocenters. The van der Waals surface area contributed by atoms with Crippen LogP contribution in [0.5, 0.6) is 0 Å². The quantitative estimate of drug-likeness (QED) is 0.808. The Morgan fingerprint density at radius 3 is 3.00 bits per heavy atom. The summed E-state index contributed by atoms with van der Waals surface area (Å²) in [7, 11) is 1.46. The van der Waals surface area contributed by atoms with Crippen molar-refractivity contribution in [1.82, 2.24) is 5.32 Å². The first-order chi connectivity index (χ1) is 8.26. The predicted octanol–water partition coefficient (Wildman–Crippen LogP) is 1.72. The molecule has 17 heavy (non-hydrogen) atoms. The van der Waals surface area contributed by atoms with Crippen LogP contribution in [0.4, 0.5) is 0 Å². The molecule has 0 saturated carbocycles. The summed E-state index contributed by atoms with van der Waals surface area (Å²) in [6.07, 6.45) is 1.02. The number of aryl methyl sites for hydroxylation is 1. The molecule has 1 heterocycles. The lowest BCUT2D eigenvalue weighted by Gasteiger charge is -2.17. The molecule has 0 bridgehead atoms. The maximum absolute atomic E-state index is 11.7. The minimum absolute atomic E-state index is 0.0490. The van der Waals surface area contributed by atoms with Crippen molar-refractivity contribution in [3.63, 3.8) is 0 Å². The van der Waals surface area contributed by atoms with Crippen LogP contribution >= 0.6 is 0 Å². The van der Waals surface area contributed by atoms with Crippen molar-refractivity contribution in [3.05, 3.63) is 35.4 Å². The van der Waals surface area contributed by atoms with Crippen molar-refractivity contribution in [2.45, 2.75) is 19.3 Å². The summed E-state index contributed by atoms with van der Waals surface area (Å²) in [6, 6.07) is 8.50. The Morgan fingerprint density at radius 1 is 1.47 bits per heavy atom. The summed E-state index contributed by atoms with van der Waals surface area (Å²) in [4.78, 5) is 11.7. The van der Waals surface area contributed by atoms with Gasteiger partial charge >= 0.3 is 5.97 Å². The van der Waals surface area contributed by atoms with Gasteiger partial charge in [0.1, 0.15) is 0 Å². The molecule has 1 aliphatic rings. The van der Waals surface area contributed by atoms with E-state index >= 15 is 0 Å². The Labute approximate surface area is 102 Å². The third kappa shape index (κ3) is 2.50. The number of hydrogen-bond donors (Lipinski definition) is 1. The van der Waals surface area contributed by atoms with Gasteiger partial charge in [-0.3, -0.25) is 4.79 Å². The molecule has 1 fully saturated rings. The summed E-state index contributed by atoms with van der Waals surface area (Å²) in [5, 5.41) is 3.27. The smallest absolute Gasteiger partial charge is 0.310 e. The molecular formula is C14H19NO2. The Morgan fingerprint density at radius 2 is 2.29 bits per heavy atom. The normalized spacial score (nSPS) is 23.6. The van der Waals surface area contributed by atoms with Crippen LogP contribution in [-0.2, 0) is 16.0 Å². The number of carbonyl (C=O) groups is 1. The van der Waals surface area contributed by atoms with Gasteiger partial charge in [0.05, 0.1) is 13.0 Å². The molecule has 0 aromatic heterocycles. The van der Waals surface area contributed by atoms with Gasteiger partial charge in [0.2, 0.25) is 0 Å². The minimum atomic E-state index is -0.109. The third-order valence-electron chi connectivity index (χ3n) is 3.51. The molecule has 3 heteroatoms. The molecule has 2 rings (SSSR count). The first-order valence-corrected chi connectivity index (χ1v) is 6.13. The molecule has 3 nitrogen and oxygen atoms in total. The lowest BCUT2D eigenvalue weighted by molar-refractivity contribution is -0.145. The first kappa shape index (κ1) is 12.1. The zero-order valence-corrected chi connectivity index (χ0v) is 10.4. The molecular weight excluding hydrogens is 214 g/mol.